The number of rotatable bonds is 10. The number of anilines is 2. The number of carbonyl (C=O) groups excluding carboxylic acids is 2. The fourth-order valence-corrected chi connectivity index (χ4v) is 3.16. The molecule has 33 heavy (non-hydrogen) atoms. The van der Waals surface area contributed by atoms with E-state index in [4.69, 9.17) is 10.5 Å². The van der Waals surface area contributed by atoms with Gasteiger partial charge in [0.2, 0.25) is 5.91 Å². The molecule has 0 fully saturated rings. The van der Waals surface area contributed by atoms with Crippen LogP contribution in [-0.4, -0.2) is 24.5 Å². The van der Waals surface area contributed by atoms with Crippen LogP contribution in [0.15, 0.2) is 78.9 Å². The van der Waals surface area contributed by atoms with Crippen molar-refractivity contribution in [2.24, 2.45) is 5.73 Å². The van der Waals surface area contributed by atoms with E-state index >= 15 is 0 Å². The van der Waals surface area contributed by atoms with Gasteiger partial charge in [-0.25, -0.2) is 4.79 Å². The van der Waals surface area contributed by atoms with Gasteiger partial charge in [0.25, 0.3) is 0 Å². The molecule has 172 valence electrons. The minimum atomic E-state index is -0.705. The third kappa shape index (κ3) is 7.97. The lowest BCUT2D eigenvalue weighted by Crippen LogP contribution is -2.45. The second-order valence-corrected chi connectivity index (χ2v) is 7.74. The second-order valence-electron chi connectivity index (χ2n) is 7.74. The van der Waals surface area contributed by atoms with Gasteiger partial charge in [0, 0.05) is 11.4 Å². The number of hydrogen-bond acceptors (Lipinski definition) is 4. The van der Waals surface area contributed by atoms with Gasteiger partial charge in [-0.2, -0.15) is 0 Å². The third-order valence-corrected chi connectivity index (χ3v) is 5.00. The van der Waals surface area contributed by atoms with Crippen LogP contribution in [0.3, 0.4) is 0 Å². The Morgan fingerprint density at radius 3 is 2.18 bits per heavy atom. The van der Waals surface area contributed by atoms with E-state index < -0.39 is 12.1 Å². The Hall–Kier alpha value is -3.84. The first kappa shape index (κ1) is 23.8. The van der Waals surface area contributed by atoms with Gasteiger partial charge in [-0.3, -0.25) is 4.79 Å². The van der Waals surface area contributed by atoms with Crippen molar-refractivity contribution >= 4 is 23.3 Å². The molecule has 0 heterocycles. The predicted octanol–water partition coefficient (Wildman–Crippen LogP) is 4.44. The van der Waals surface area contributed by atoms with Crippen LogP contribution < -0.4 is 26.4 Å². The van der Waals surface area contributed by atoms with Crippen molar-refractivity contribution in [1.29, 1.82) is 0 Å². The standard InChI is InChI=1S/C26H30N4O3/c1-19-9-11-21(12-10-19)28-25(31)24(8-5-17-27)30-26(32)29-22-13-15-23(16-14-22)33-18-20-6-3-2-4-7-20/h2-4,6-7,9-16,24H,5,8,17-18,27H2,1H3,(H,28,31)(H2,29,30,32)/t24-/m0/s1. The molecule has 7 nitrogen and oxygen atoms in total. The quantitative estimate of drug-likeness (QED) is 0.369. The monoisotopic (exact) mass is 446 g/mol. The maximum absolute atomic E-state index is 12.7. The van der Waals surface area contributed by atoms with E-state index in [1.807, 2.05) is 61.5 Å². The Morgan fingerprint density at radius 2 is 1.52 bits per heavy atom. The Bertz CT molecular complexity index is 1020. The average Bonchev–Trinajstić information content (AvgIpc) is 2.83. The summed E-state index contributed by atoms with van der Waals surface area (Å²) in [5.41, 5.74) is 9.05. The number of hydrogen-bond donors (Lipinski definition) is 4. The highest BCUT2D eigenvalue weighted by molar-refractivity contribution is 5.99. The van der Waals surface area contributed by atoms with Crippen LogP contribution in [0.5, 0.6) is 5.75 Å². The van der Waals surface area contributed by atoms with Crippen LogP contribution in [-0.2, 0) is 11.4 Å². The summed E-state index contributed by atoms with van der Waals surface area (Å²) in [6.45, 7) is 2.87. The second kappa shape index (κ2) is 12.3. The average molecular weight is 447 g/mol. The van der Waals surface area contributed by atoms with E-state index in [2.05, 4.69) is 16.0 Å². The first-order valence-corrected chi connectivity index (χ1v) is 11.0. The summed E-state index contributed by atoms with van der Waals surface area (Å²) in [7, 11) is 0. The third-order valence-electron chi connectivity index (χ3n) is 5.00. The van der Waals surface area contributed by atoms with E-state index in [9.17, 15) is 9.59 Å². The molecule has 0 saturated carbocycles. The van der Waals surface area contributed by atoms with Crippen molar-refractivity contribution in [2.45, 2.75) is 32.4 Å². The molecule has 7 heteroatoms. The van der Waals surface area contributed by atoms with Crippen molar-refractivity contribution in [2.75, 3.05) is 17.2 Å². The first-order chi connectivity index (χ1) is 16.0. The maximum Gasteiger partial charge on any atom is 0.319 e. The highest BCUT2D eigenvalue weighted by Crippen LogP contribution is 2.17. The van der Waals surface area contributed by atoms with Gasteiger partial charge in [-0.15, -0.1) is 0 Å². The molecular weight excluding hydrogens is 416 g/mol. The van der Waals surface area contributed by atoms with Crippen molar-refractivity contribution in [3.63, 3.8) is 0 Å². The molecule has 0 unspecified atom stereocenters. The summed E-state index contributed by atoms with van der Waals surface area (Å²) in [6, 6.07) is 23.3. The fraction of sp³-hybridized carbons (Fsp3) is 0.231. The van der Waals surface area contributed by atoms with Gasteiger partial charge in [0.15, 0.2) is 0 Å². The van der Waals surface area contributed by atoms with Gasteiger partial charge in [-0.05, 0) is 68.3 Å². The number of nitrogens with one attached hydrogen (secondary N) is 3. The summed E-state index contributed by atoms with van der Waals surface area (Å²) < 4.78 is 5.76. The van der Waals surface area contributed by atoms with E-state index in [1.54, 1.807) is 24.3 Å². The molecule has 0 aromatic heterocycles. The molecule has 1 atom stereocenters. The highest BCUT2D eigenvalue weighted by Gasteiger charge is 2.20. The number of benzene rings is 3. The zero-order valence-electron chi connectivity index (χ0n) is 18.7. The highest BCUT2D eigenvalue weighted by atomic mass is 16.5. The molecule has 0 spiro atoms. The topological polar surface area (TPSA) is 105 Å². The van der Waals surface area contributed by atoms with E-state index in [0.29, 0.717) is 43.1 Å². The fourth-order valence-electron chi connectivity index (χ4n) is 3.16. The van der Waals surface area contributed by atoms with Crippen LogP contribution in [0.1, 0.15) is 24.0 Å². The Labute approximate surface area is 194 Å². The maximum atomic E-state index is 12.7. The van der Waals surface area contributed by atoms with Crippen molar-refractivity contribution in [3.05, 3.63) is 90.0 Å². The van der Waals surface area contributed by atoms with Crippen molar-refractivity contribution in [3.8, 4) is 5.75 Å². The molecule has 3 amide bonds. The zero-order chi connectivity index (χ0) is 23.5. The molecular formula is C26H30N4O3. The number of ether oxygens (including phenoxy) is 1. The normalized spacial score (nSPS) is 11.3. The van der Waals surface area contributed by atoms with Crippen LogP contribution in [0.25, 0.3) is 0 Å². The molecule has 0 aliphatic rings. The van der Waals surface area contributed by atoms with Crippen LogP contribution in [0, 0.1) is 6.92 Å². The summed E-state index contributed by atoms with van der Waals surface area (Å²) in [6.07, 6.45) is 1.05. The number of amides is 3. The number of carbonyl (C=O) groups is 2. The van der Waals surface area contributed by atoms with Crippen molar-refractivity contribution in [1.82, 2.24) is 5.32 Å². The lowest BCUT2D eigenvalue weighted by molar-refractivity contribution is -0.118. The Kier molecular flexibility index (Phi) is 8.85. The Morgan fingerprint density at radius 1 is 0.879 bits per heavy atom. The molecule has 3 rings (SSSR count). The minimum absolute atomic E-state index is 0.285. The smallest absolute Gasteiger partial charge is 0.319 e. The van der Waals surface area contributed by atoms with Gasteiger partial charge in [0.1, 0.15) is 18.4 Å². The largest absolute Gasteiger partial charge is 0.489 e. The van der Waals surface area contributed by atoms with E-state index in [1.165, 1.54) is 0 Å². The molecule has 0 saturated heterocycles. The first-order valence-electron chi connectivity index (χ1n) is 11.0. The number of urea groups is 1. The molecule has 0 radical (unpaired) electrons. The summed E-state index contributed by atoms with van der Waals surface area (Å²) in [5, 5.41) is 8.35. The predicted molar refractivity (Wildman–Crippen MR) is 131 cm³/mol. The lowest BCUT2D eigenvalue weighted by atomic mass is 10.1. The number of aryl methyl sites for hydroxylation is 1. The van der Waals surface area contributed by atoms with Crippen molar-refractivity contribution < 1.29 is 14.3 Å². The molecule has 5 N–H and O–H groups in total. The summed E-state index contributed by atoms with van der Waals surface area (Å²) in [5.74, 6) is 0.412. The van der Waals surface area contributed by atoms with Crippen LogP contribution in [0.2, 0.25) is 0 Å². The molecule has 0 bridgehead atoms. The molecule has 0 aliphatic heterocycles. The SMILES string of the molecule is Cc1ccc(NC(=O)[C@H](CCCN)NC(=O)Nc2ccc(OCc3ccccc3)cc2)cc1. The van der Waals surface area contributed by atoms with E-state index in [0.717, 1.165) is 11.1 Å². The zero-order valence-corrected chi connectivity index (χ0v) is 18.7. The van der Waals surface area contributed by atoms with Gasteiger partial charge in [0.05, 0.1) is 0 Å². The lowest BCUT2D eigenvalue weighted by Gasteiger charge is -2.19. The molecule has 3 aromatic carbocycles. The molecule has 3 aromatic rings. The summed E-state index contributed by atoms with van der Waals surface area (Å²) >= 11 is 0. The number of nitrogens with two attached hydrogens (primary N) is 1. The van der Waals surface area contributed by atoms with Gasteiger partial charge >= 0.3 is 6.03 Å². The van der Waals surface area contributed by atoms with Crippen LogP contribution >= 0.6 is 0 Å². The molecule has 0 aliphatic carbocycles. The van der Waals surface area contributed by atoms with Gasteiger partial charge < -0.3 is 26.4 Å². The van der Waals surface area contributed by atoms with Gasteiger partial charge in [-0.1, -0.05) is 48.0 Å². The Balaban J connectivity index is 1.53. The van der Waals surface area contributed by atoms with E-state index in [-0.39, 0.29) is 5.91 Å². The van der Waals surface area contributed by atoms with Crippen LogP contribution in [0.4, 0.5) is 16.2 Å². The minimum Gasteiger partial charge on any atom is -0.489 e. The summed E-state index contributed by atoms with van der Waals surface area (Å²) in [4.78, 5) is 25.2.